The van der Waals surface area contributed by atoms with Crippen molar-refractivity contribution in [2.24, 2.45) is 0 Å². The second kappa shape index (κ2) is 7.01. The Morgan fingerprint density at radius 1 is 1.26 bits per heavy atom. The van der Waals surface area contributed by atoms with Crippen LogP contribution in [0.3, 0.4) is 0 Å². The van der Waals surface area contributed by atoms with Crippen molar-refractivity contribution in [1.29, 1.82) is 0 Å². The van der Waals surface area contributed by atoms with Crippen molar-refractivity contribution in [3.8, 4) is 0 Å². The van der Waals surface area contributed by atoms with Gasteiger partial charge in [0.15, 0.2) is 5.82 Å². The van der Waals surface area contributed by atoms with Gasteiger partial charge in [-0.25, -0.2) is 22.8 Å². The van der Waals surface area contributed by atoms with Gasteiger partial charge in [-0.3, -0.25) is 4.98 Å². The van der Waals surface area contributed by atoms with Gasteiger partial charge in [0.05, 0.1) is 17.3 Å². The number of nitrogens with zero attached hydrogens (tertiary/aromatic N) is 4. The average molecular weight is 385 g/mol. The maximum atomic E-state index is 12.9. The number of aryl methyl sites for hydroxylation is 1. The number of hydrogen-bond acceptors (Lipinski definition) is 5. The van der Waals surface area contributed by atoms with E-state index in [0.717, 1.165) is 36.1 Å². The standard InChI is InChI=1S/C19H23N5O2S/c1-13(2)18-21-19-16(9-5-11-24(19)22-18)23-27(25,26)12-15-7-3-6-14-8-4-10-20-17(14)15/h3-4,6-8,10,13,16,23H,5,9,11-12H2,1-2H3/t16-/m1/s1. The molecule has 1 aliphatic rings. The first kappa shape index (κ1) is 18.1. The largest absolute Gasteiger partial charge is 0.256 e. The van der Waals surface area contributed by atoms with Gasteiger partial charge in [0.2, 0.25) is 10.0 Å². The lowest BCUT2D eigenvalue weighted by molar-refractivity contribution is 0.399. The fourth-order valence-corrected chi connectivity index (χ4v) is 4.85. The van der Waals surface area contributed by atoms with Gasteiger partial charge in [-0.15, -0.1) is 0 Å². The minimum absolute atomic E-state index is 0.108. The first-order valence-corrected chi connectivity index (χ1v) is 10.9. The first-order chi connectivity index (χ1) is 12.9. The van der Waals surface area contributed by atoms with Gasteiger partial charge in [-0.1, -0.05) is 38.1 Å². The zero-order chi connectivity index (χ0) is 19.0. The second-order valence-electron chi connectivity index (χ2n) is 7.27. The molecule has 0 radical (unpaired) electrons. The number of fused-ring (bicyclic) bond motifs is 2. The van der Waals surface area contributed by atoms with E-state index in [1.807, 2.05) is 48.9 Å². The molecule has 0 fully saturated rings. The highest BCUT2D eigenvalue weighted by atomic mass is 32.2. The van der Waals surface area contributed by atoms with E-state index in [1.165, 1.54) is 0 Å². The van der Waals surface area contributed by atoms with E-state index in [1.54, 1.807) is 6.20 Å². The third-order valence-electron chi connectivity index (χ3n) is 4.79. The van der Waals surface area contributed by atoms with Gasteiger partial charge >= 0.3 is 0 Å². The normalized spacial score (nSPS) is 17.4. The lowest BCUT2D eigenvalue weighted by Gasteiger charge is -2.23. The molecule has 3 aromatic rings. The molecule has 0 bridgehead atoms. The highest BCUT2D eigenvalue weighted by Crippen LogP contribution is 2.26. The number of sulfonamides is 1. The van der Waals surface area contributed by atoms with E-state index < -0.39 is 10.0 Å². The molecule has 142 valence electrons. The summed E-state index contributed by atoms with van der Waals surface area (Å²) >= 11 is 0. The summed E-state index contributed by atoms with van der Waals surface area (Å²) in [5.74, 6) is 1.57. The first-order valence-electron chi connectivity index (χ1n) is 9.20. The fraction of sp³-hybridized carbons (Fsp3) is 0.421. The molecule has 7 nitrogen and oxygen atoms in total. The number of pyridine rings is 1. The van der Waals surface area contributed by atoms with Crippen LogP contribution in [-0.4, -0.2) is 28.2 Å². The Hall–Kier alpha value is -2.32. The fourth-order valence-electron chi connectivity index (χ4n) is 3.47. The van der Waals surface area contributed by atoms with E-state index in [0.29, 0.717) is 11.4 Å². The summed E-state index contributed by atoms with van der Waals surface area (Å²) < 4.78 is 30.4. The van der Waals surface area contributed by atoms with Crippen molar-refractivity contribution < 1.29 is 8.42 Å². The van der Waals surface area contributed by atoms with E-state index in [4.69, 9.17) is 0 Å². The molecule has 0 unspecified atom stereocenters. The molecule has 1 atom stereocenters. The smallest absolute Gasteiger partial charge is 0.216 e. The van der Waals surface area contributed by atoms with Crippen LogP contribution < -0.4 is 4.72 Å². The topological polar surface area (TPSA) is 89.8 Å². The predicted molar refractivity (Wildman–Crippen MR) is 104 cm³/mol. The van der Waals surface area contributed by atoms with Crippen LogP contribution >= 0.6 is 0 Å². The highest BCUT2D eigenvalue weighted by Gasteiger charge is 2.29. The molecular weight excluding hydrogens is 362 g/mol. The van der Waals surface area contributed by atoms with Gasteiger partial charge in [0.25, 0.3) is 0 Å². The Labute approximate surface area is 158 Å². The summed E-state index contributed by atoms with van der Waals surface area (Å²) in [5, 5.41) is 5.45. The number of benzene rings is 1. The van der Waals surface area contributed by atoms with Crippen LogP contribution in [0.2, 0.25) is 0 Å². The summed E-state index contributed by atoms with van der Waals surface area (Å²) in [6, 6.07) is 9.05. The van der Waals surface area contributed by atoms with Crippen molar-refractivity contribution in [3.05, 3.63) is 53.7 Å². The maximum Gasteiger partial charge on any atom is 0.216 e. The summed E-state index contributed by atoms with van der Waals surface area (Å²) in [6.07, 6.45) is 3.28. The molecular formula is C19H23N5O2S. The Balaban J connectivity index is 1.59. The van der Waals surface area contributed by atoms with Gasteiger partial charge in [0.1, 0.15) is 5.82 Å². The lowest BCUT2D eigenvalue weighted by Crippen LogP contribution is -2.34. The van der Waals surface area contributed by atoms with Crippen molar-refractivity contribution in [1.82, 2.24) is 24.5 Å². The van der Waals surface area contributed by atoms with E-state index in [9.17, 15) is 8.42 Å². The molecule has 0 aliphatic carbocycles. The highest BCUT2D eigenvalue weighted by molar-refractivity contribution is 7.88. The zero-order valence-corrected chi connectivity index (χ0v) is 16.3. The van der Waals surface area contributed by atoms with E-state index in [2.05, 4.69) is 19.8 Å². The molecule has 3 heterocycles. The summed E-state index contributed by atoms with van der Waals surface area (Å²) in [7, 11) is -3.55. The van der Waals surface area contributed by atoms with Gasteiger partial charge in [0, 0.05) is 24.0 Å². The molecule has 4 rings (SSSR count). The molecule has 0 spiro atoms. The van der Waals surface area contributed by atoms with Gasteiger partial charge in [-0.05, 0) is 24.5 Å². The van der Waals surface area contributed by atoms with Gasteiger partial charge in [-0.2, -0.15) is 5.10 Å². The van der Waals surface area contributed by atoms with Crippen LogP contribution in [0.4, 0.5) is 0 Å². The van der Waals surface area contributed by atoms with Crippen LogP contribution in [0.5, 0.6) is 0 Å². The molecule has 1 aliphatic heterocycles. The van der Waals surface area contributed by atoms with Crippen molar-refractivity contribution in [3.63, 3.8) is 0 Å². The third-order valence-corrected chi connectivity index (χ3v) is 6.13. The van der Waals surface area contributed by atoms with Crippen molar-refractivity contribution in [2.75, 3.05) is 0 Å². The number of aromatic nitrogens is 4. The van der Waals surface area contributed by atoms with Crippen LogP contribution in [0, 0.1) is 0 Å². The molecule has 0 amide bonds. The number of nitrogens with one attached hydrogen (secondary N) is 1. The summed E-state index contributed by atoms with van der Waals surface area (Å²) in [6.45, 7) is 4.85. The number of rotatable bonds is 5. The van der Waals surface area contributed by atoms with Crippen molar-refractivity contribution in [2.45, 2.75) is 50.9 Å². The molecule has 1 aromatic carbocycles. The number of para-hydroxylation sites is 1. The molecule has 1 N–H and O–H groups in total. The second-order valence-corrected chi connectivity index (χ2v) is 9.02. The van der Waals surface area contributed by atoms with Gasteiger partial charge < -0.3 is 0 Å². The Morgan fingerprint density at radius 2 is 2.07 bits per heavy atom. The molecule has 27 heavy (non-hydrogen) atoms. The summed E-state index contributed by atoms with van der Waals surface area (Å²) in [4.78, 5) is 8.94. The zero-order valence-electron chi connectivity index (χ0n) is 15.5. The third kappa shape index (κ3) is 3.72. The van der Waals surface area contributed by atoms with Crippen LogP contribution in [-0.2, 0) is 22.3 Å². The number of hydrogen-bond donors (Lipinski definition) is 1. The average Bonchev–Trinajstić information content (AvgIpc) is 3.07. The Kier molecular flexibility index (Phi) is 4.69. The monoisotopic (exact) mass is 385 g/mol. The Morgan fingerprint density at radius 3 is 2.89 bits per heavy atom. The lowest BCUT2D eigenvalue weighted by atomic mass is 10.1. The molecule has 0 saturated carbocycles. The van der Waals surface area contributed by atoms with E-state index >= 15 is 0 Å². The summed E-state index contributed by atoms with van der Waals surface area (Å²) in [5.41, 5.74) is 1.42. The quantitative estimate of drug-likeness (QED) is 0.729. The van der Waals surface area contributed by atoms with E-state index in [-0.39, 0.29) is 17.7 Å². The van der Waals surface area contributed by atoms with Crippen molar-refractivity contribution >= 4 is 20.9 Å². The van der Waals surface area contributed by atoms with Crippen LogP contribution in [0.15, 0.2) is 36.5 Å². The van der Waals surface area contributed by atoms with Crippen LogP contribution in [0.1, 0.15) is 55.9 Å². The minimum Gasteiger partial charge on any atom is -0.256 e. The minimum atomic E-state index is -3.55. The predicted octanol–water partition coefficient (Wildman–Crippen LogP) is 2.90. The molecule has 8 heteroatoms. The SMILES string of the molecule is CC(C)c1nc2n(n1)CCC[C@H]2NS(=O)(=O)Cc1cccc2cccnc12. The molecule has 0 saturated heterocycles. The Bertz CT molecular complexity index is 1070. The maximum absolute atomic E-state index is 12.9. The van der Waals surface area contributed by atoms with Crippen LogP contribution in [0.25, 0.3) is 10.9 Å². The molecule has 2 aromatic heterocycles.